The van der Waals surface area contributed by atoms with Crippen molar-refractivity contribution in [3.63, 3.8) is 0 Å². The Labute approximate surface area is 201 Å². The van der Waals surface area contributed by atoms with Gasteiger partial charge in [-0.25, -0.2) is 4.90 Å². The molecule has 0 spiro atoms. The Morgan fingerprint density at radius 1 is 1.03 bits per heavy atom. The summed E-state index contributed by atoms with van der Waals surface area (Å²) < 4.78 is 0. The van der Waals surface area contributed by atoms with E-state index in [0.29, 0.717) is 10.0 Å². The molecule has 2 aromatic carbocycles. The van der Waals surface area contributed by atoms with Gasteiger partial charge in [-0.2, -0.15) is 5.10 Å². The third-order valence-electron chi connectivity index (χ3n) is 4.05. The number of thiocarbonyl (C=S) groups is 1. The molecule has 1 fully saturated rings. The monoisotopic (exact) mass is 517 g/mol. The number of carbonyl (C=O) groups is 3. The van der Waals surface area contributed by atoms with Crippen LogP contribution in [0, 0.1) is 5.92 Å². The van der Waals surface area contributed by atoms with Crippen molar-refractivity contribution in [2.75, 3.05) is 10.2 Å². The normalized spacial score (nSPS) is 17.2. The lowest BCUT2D eigenvalue weighted by Gasteiger charge is -2.16. The minimum absolute atomic E-state index is 0.0256. The molecule has 0 radical (unpaired) electrons. The summed E-state index contributed by atoms with van der Waals surface area (Å²) in [6.07, 6.45) is 0. The summed E-state index contributed by atoms with van der Waals surface area (Å²) in [7, 11) is 0. The van der Waals surface area contributed by atoms with E-state index >= 15 is 0 Å². The average molecular weight is 519 g/mol. The highest BCUT2D eigenvalue weighted by molar-refractivity contribution is 7.80. The Morgan fingerprint density at radius 2 is 1.65 bits per heavy atom. The van der Waals surface area contributed by atoms with E-state index in [0.717, 1.165) is 4.90 Å². The number of nitrogens with one attached hydrogen (secondary N) is 2. The number of nitrogens with zero attached hydrogens (tertiary/aromatic N) is 2. The van der Waals surface area contributed by atoms with Gasteiger partial charge in [0.2, 0.25) is 5.91 Å². The van der Waals surface area contributed by atoms with Gasteiger partial charge < -0.3 is 11.1 Å². The Morgan fingerprint density at radius 3 is 2.23 bits per heavy atom. The van der Waals surface area contributed by atoms with Gasteiger partial charge in [0, 0.05) is 10.0 Å². The molecule has 3 amide bonds. The van der Waals surface area contributed by atoms with Crippen LogP contribution < -0.4 is 21.4 Å². The topological polar surface area (TPSA) is 117 Å². The molecule has 4 N–H and O–H groups in total. The minimum Gasteiger partial charge on any atom is -0.375 e. The van der Waals surface area contributed by atoms with Crippen LogP contribution in [-0.2, 0) is 14.4 Å². The van der Waals surface area contributed by atoms with E-state index in [4.69, 9.17) is 52.1 Å². The van der Waals surface area contributed by atoms with Crippen molar-refractivity contribution in [1.29, 1.82) is 0 Å². The first-order valence-corrected chi connectivity index (χ1v) is 10.2. The first-order valence-electron chi connectivity index (χ1n) is 8.32. The molecule has 8 nitrogen and oxygen atoms in total. The van der Waals surface area contributed by atoms with Crippen molar-refractivity contribution in [3.05, 3.63) is 56.5 Å². The molecule has 1 aliphatic rings. The fraction of sp³-hybridized carbons (Fsp3) is 0.0556. The quantitative estimate of drug-likeness (QED) is 0.246. The van der Waals surface area contributed by atoms with E-state index in [2.05, 4.69) is 28.1 Å². The smallest absolute Gasteiger partial charge is 0.282 e. The number of rotatable bonds is 4. The zero-order valence-electron chi connectivity index (χ0n) is 15.2. The number of amides is 3. The Balaban J connectivity index is 2.02. The first kappa shape index (κ1) is 23.2. The number of anilines is 2. The number of carbonyl (C=O) groups excluding carboxylic acids is 3. The summed E-state index contributed by atoms with van der Waals surface area (Å²) in [6.45, 7) is 0. The molecule has 31 heavy (non-hydrogen) atoms. The van der Waals surface area contributed by atoms with Gasteiger partial charge in [0.15, 0.2) is 11.0 Å². The molecule has 160 valence electrons. The maximum Gasteiger partial charge on any atom is 0.282 e. The summed E-state index contributed by atoms with van der Waals surface area (Å²) in [5.74, 6) is -4.27. The van der Waals surface area contributed by atoms with Crippen LogP contribution in [0.25, 0.3) is 0 Å². The summed E-state index contributed by atoms with van der Waals surface area (Å²) in [5, 5.41) is 6.79. The van der Waals surface area contributed by atoms with Crippen molar-refractivity contribution in [3.8, 4) is 0 Å². The van der Waals surface area contributed by atoms with Crippen LogP contribution in [0.2, 0.25) is 20.1 Å². The molecular weight excluding hydrogens is 508 g/mol. The molecule has 1 heterocycles. The molecule has 3 rings (SSSR count). The maximum atomic E-state index is 13.1. The van der Waals surface area contributed by atoms with Crippen molar-refractivity contribution in [2.45, 2.75) is 0 Å². The highest BCUT2D eigenvalue weighted by Gasteiger charge is 2.50. The van der Waals surface area contributed by atoms with Crippen LogP contribution in [0.5, 0.6) is 0 Å². The van der Waals surface area contributed by atoms with Gasteiger partial charge in [0.25, 0.3) is 11.8 Å². The Bertz CT molecular complexity index is 1160. The highest BCUT2D eigenvalue weighted by Crippen LogP contribution is 2.34. The minimum atomic E-state index is -1.63. The zero-order chi connectivity index (χ0) is 22.9. The molecule has 13 heteroatoms. The zero-order valence-corrected chi connectivity index (χ0v) is 19.0. The Hall–Kier alpha value is -2.43. The fourth-order valence-corrected chi connectivity index (χ4v) is 3.73. The van der Waals surface area contributed by atoms with Gasteiger partial charge in [-0.3, -0.25) is 19.8 Å². The summed E-state index contributed by atoms with van der Waals surface area (Å²) in [5.41, 5.74) is 7.35. The van der Waals surface area contributed by atoms with Crippen LogP contribution >= 0.6 is 58.6 Å². The maximum absolute atomic E-state index is 13.1. The summed E-state index contributed by atoms with van der Waals surface area (Å²) in [6, 6.07) is 8.51. The largest absolute Gasteiger partial charge is 0.375 e. The summed E-state index contributed by atoms with van der Waals surface area (Å²) in [4.78, 5) is 39.8. The number of hydrogen-bond donors (Lipinski definition) is 3. The van der Waals surface area contributed by atoms with E-state index in [1.165, 1.54) is 36.4 Å². The van der Waals surface area contributed by atoms with Crippen molar-refractivity contribution in [1.82, 2.24) is 5.43 Å². The number of hydrogen-bond acceptors (Lipinski definition) is 5. The van der Waals surface area contributed by atoms with E-state index < -0.39 is 29.4 Å². The molecule has 1 aliphatic heterocycles. The fourth-order valence-electron chi connectivity index (χ4n) is 2.73. The number of imide groups is 1. The van der Waals surface area contributed by atoms with Crippen molar-refractivity contribution < 1.29 is 14.4 Å². The number of halogens is 4. The van der Waals surface area contributed by atoms with Crippen LogP contribution in [0.15, 0.2) is 41.5 Å². The first-order chi connectivity index (χ1) is 14.6. The summed E-state index contributed by atoms with van der Waals surface area (Å²) >= 11 is 28.6. The van der Waals surface area contributed by atoms with Gasteiger partial charge in [0.1, 0.15) is 5.71 Å². The van der Waals surface area contributed by atoms with E-state index in [1.54, 1.807) is 0 Å². The van der Waals surface area contributed by atoms with Crippen molar-refractivity contribution in [2.24, 2.45) is 16.8 Å². The van der Waals surface area contributed by atoms with Gasteiger partial charge in [-0.1, -0.05) is 46.4 Å². The van der Waals surface area contributed by atoms with Gasteiger partial charge >= 0.3 is 0 Å². The molecule has 0 aliphatic carbocycles. The second-order valence-electron chi connectivity index (χ2n) is 6.09. The van der Waals surface area contributed by atoms with E-state index in [1.807, 2.05) is 0 Å². The van der Waals surface area contributed by atoms with Crippen LogP contribution in [-0.4, -0.2) is 28.5 Å². The second-order valence-corrected chi connectivity index (χ2v) is 8.22. The molecule has 1 saturated heterocycles. The highest BCUT2D eigenvalue weighted by atomic mass is 35.5. The van der Waals surface area contributed by atoms with E-state index in [-0.39, 0.29) is 26.5 Å². The lowest BCUT2D eigenvalue weighted by atomic mass is 10.0. The number of benzene rings is 2. The van der Waals surface area contributed by atoms with Gasteiger partial charge in [0.05, 0.1) is 21.4 Å². The number of hydrazone groups is 1. The standard InChI is InChI=1S/C18H11Cl4N5O3S/c19-7-1-3-11(9(21)5-7)24-15(28)13-14(25-26-18(23)31)17(30)27(16(13)29)12-4-2-8(20)6-10(12)22/h1-6,13H,(H,24,28)(H3,23,26,31)/b25-14-/t13-/m0/s1. The lowest BCUT2D eigenvalue weighted by Crippen LogP contribution is -2.35. The molecular formula is C18H11Cl4N5O3S. The van der Waals surface area contributed by atoms with Crippen molar-refractivity contribution >= 4 is 98.5 Å². The predicted molar refractivity (Wildman–Crippen MR) is 125 cm³/mol. The molecule has 0 bridgehead atoms. The SMILES string of the molecule is NC(=S)N/N=C1\C(=O)N(c2ccc(Cl)cc2Cl)C(=O)[C@@H]1C(=O)Nc1ccc(Cl)cc1Cl. The molecule has 0 aromatic heterocycles. The third-order valence-corrected chi connectivity index (χ3v) is 5.23. The van der Waals surface area contributed by atoms with Gasteiger partial charge in [-0.05, 0) is 48.6 Å². The average Bonchev–Trinajstić information content (AvgIpc) is 2.92. The number of nitrogens with two attached hydrogens (primary N) is 1. The molecule has 0 unspecified atom stereocenters. The van der Waals surface area contributed by atoms with E-state index in [9.17, 15) is 14.4 Å². The third kappa shape index (κ3) is 4.91. The molecule has 2 aromatic rings. The van der Waals surface area contributed by atoms with Crippen LogP contribution in [0.1, 0.15) is 0 Å². The van der Waals surface area contributed by atoms with Crippen LogP contribution in [0.3, 0.4) is 0 Å². The molecule has 0 saturated carbocycles. The lowest BCUT2D eigenvalue weighted by molar-refractivity contribution is -0.127. The van der Waals surface area contributed by atoms with Crippen LogP contribution in [0.4, 0.5) is 11.4 Å². The van der Waals surface area contributed by atoms with Gasteiger partial charge in [-0.15, -0.1) is 0 Å². The molecule has 1 atom stereocenters. The second kappa shape index (κ2) is 9.37. The Kier molecular flexibility index (Phi) is 7.03. The predicted octanol–water partition coefficient (Wildman–Crippen LogP) is 3.62.